The lowest BCUT2D eigenvalue weighted by molar-refractivity contribution is 0.294. The first kappa shape index (κ1) is 9.10. The first-order valence-electron chi connectivity index (χ1n) is 4.79. The molecule has 0 bridgehead atoms. The van der Waals surface area contributed by atoms with Crippen LogP contribution in [0, 0.1) is 0 Å². The average molecular weight is 193 g/mol. The molecule has 1 aromatic carbocycles. The molecule has 0 spiro atoms. The Bertz CT molecular complexity index is 242. The van der Waals surface area contributed by atoms with Gasteiger partial charge in [0.2, 0.25) is 0 Å². The van der Waals surface area contributed by atoms with Crippen LogP contribution in [0.15, 0.2) is 30.3 Å². The fourth-order valence-corrected chi connectivity index (χ4v) is 2.58. The molecule has 0 aliphatic carbocycles. The van der Waals surface area contributed by atoms with E-state index in [-0.39, 0.29) is 0 Å². The minimum Gasteiger partial charge on any atom is -0.297 e. The Labute approximate surface area is 84.1 Å². The summed E-state index contributed by atoms with van der Waals surface area (Å²) < 4.78 is 0. The van der Waals surface area contributed by atoms with Crippen molar-refractivity contribution in [2.24, 2.45) is 0 Å². The van der Waals surface area contributed by atoms with Crippen molar-refractivity contribution in [3.63, 3.8) is 0 Å². The summed E-state index contributed by atoms with van der Waals surface area (Å²) in [6, 6.07) is 10.7. The van der Waals surface area contributed by atoms with Crippen LogP contribution < -0.4 is 0 Å². The molecule has 1 fully saturated rings. The van der Waals surface area contributed by atoms with Gasteiger partial charge in [0.05, 0.1) is 0 Å². The summed E-state index contributed by atoms with van der Waals surface area (Å²) in [6.45, 7) is 3.63. The van der Waals surface area contributed by atoms with Crippen LogP contribution in [-0.2, 0) is 6.54 Å². The van der Waals surface area contributed by atoms with Gasteiger partial charge in [-0.3, -0.25) is 4.90 Å². The highest BCUT2D eigenvalue weighted by molar-refractivity contribution is 7.99. The maximum atomic E-state index is 2.53. The molecule has 0 amide bonds. The van der Waals surface area contributed by atoms with Gasteiger partial charge in [0.1, 0.15) is 0 Å². The fraction of sp³-hybridized carbons (Fsp3) is 0.455. The molecule has 0 unspecified atom stereocenters. The summed E-state index contributed by atoms with van der Waals surface area (Å²) >= 11 is 2.07. The predicted octanol–water partition coefficient (Wildman–Crippen LogP) is 2.24. The van der Waals surface area contributed by atoms with Crippen molar-refractivity contribution in [2.75, 3.05) is 24.6 Å². The Hall–Kier alpha value is -0.470. The first-order valence-corrected chi connectivity index (χ1v) is 5.94. The largest absolute Gasteiger partial charge is 0.297 e. The molecule has 1 aliphatic heterocycles. The van der Waals surface area contributed by atoms with E-state index in [0.29, 0.717) is 0 Å². The van der Waals surface area contributed by atoms with Crippen molar-refractivity contribution in [1.82, 2.24) is 4.90 Å². The highest BCUT2D eigenvalue weighted by Crippen LogP contribution is 2.12. The van der Waals surface area contributed by atoms with Crippen LogP contribution in [0.4, 0.5) is 0 Å². The third kappa shape index (κ3) is 2.75. The van der Waals surface area contributed by atoms with Crippen molar-refractivity contribution in [3.05, 3.63) is 35.9 Å². The lowest BCUT2D eigenvalue weighted by Gasteiger charge is -2.25. The number of benzene rings is 1. The van der Waals surface area contributed by atoms with Gasteiger partial charge in [-0.25, -0.2) is 0 Å². The van der Waals surface area contributed by atoms with Gasteiger partial charge in [-0.05, 0) is 5.56 Å². The third-order valence-corrected chi connectivity index (χ3v) is 3.30. The van der Waals surface area contributed by atoms with Crippen LogP contribution in [0.1, 0.15) is 5.56 Å². The molecule has 2 rings (SSSR count). The highest BCUT2D eigenvalue weighted by Gasteiger charge is 2.09. The zero-order valence-corrected chi connectivity index (χ0v) is 8.59. The van der Waals surface area contributed by atoms with Gasteiger partial charge in [-0.1, -0.05) is 30.3 Å². The number of nitrogens with zero attached hydrogens (tertiary/aromatic N) is 1. The Morgan fingerprint density at radius 2 is 1.77 bits per heavy atom. The molecule has 1 heterocycles. The molecule has 1 aromatic rings. The standard InChI is InChI=1S/C11H15NS/c1-2-4-11(5-3-1)10-12-6-8-13-9-7-12/h1-5H,6-10H2. The van der Waals surface area contributed by atoms with E-state index in [1.54, 1.807) is 0 Å². The maximum Gasteiger partial charge on any atom is 0.0234 e. The van der Waals surface area contributed by atoms with E-state index < -0.39 is 0 Å². The van der Waals surface area contributed by atoms with Crippen LogP contribution >= 0.6 is 11.8 Å². The van der Waals surface area contributed by atoms with Gasteiger partial charge in [0.25, 0.3) is 0 Å². The van der Waals surface area contributed by atoms with E-state index in [9.17, 15) is 0 Å². The van der Waals surface area contributed by atoms with Crippen molar-refractivity contribution in [2.45, 2.75) is 6.54 Å². The molecule has 0 aromatic heterocycles. The first-order chi connectivity index (χ1) is 6.45. The van der Waals surface area contributed by atoms with E-state index in [0.717, 1.165) is 6.54 Å². The average Bonchev–Trinajstić information content (AvgIpc) is 2.21. The van der Waals surface area contributed by atoms with Gasteiger partial charge in [0, 0.05) is 31.1 Å². The quantitative estimate of drug-likeness (QED) is 0.708. The minimum atomic E-state index is 1.13. The molecule has 0 atom stereocenters. The summed E-state index contributed by atoms with van der Waals surface area (Å²) in [5.41, 5.74) is 1.44. The second-order valence-corrected chi connectivity index (χ2v) is 4.60. The second kappa shape index (κ2) is 4.68. The Kier molecular flexibility index (Phi) is 3.27. The molecule has 0 saturated carbocycles. The van der Waals surface area contributed by atoms with Crippen molar-refractivity contribution in [1.29, 1.82) is 0 Å². The van der Waals surface area contributed by atoms with E-state index in [4.69, 9.17) is 0 Å². The van der Waals surface area contributed by atoms with Gasteiger partial charge < -0.3 is 0 Å². The molecular formula is C11H15NS. The van der Waals surface area contributed by atoms with Crippen LogP contribution in [0.2, 0.25) is 0 Å². The summed E-state index contributed by atoms with van der Waals surface area (Å²) in [6.07, 6.45) is 0. The van der Waals surface area contributed by atoms with Crippen LogP contribution in [0.3, 0.4) is 0 Å². The van der Waals surface area contributed by atoms with Crippen molar-refractivity contribution < 1.29 is 0 Å². The molecule has 70 valence electrons. The van der Waals surface area contributed by atoms with Crippen molar-refractivity contribution in [3.8, 4) is 0 Å². The van der Waals surface area contributed by atoms with E-state index >= 15 is 0 Å². The topological polar surface area (TPSA) is 3.24 Å². The lowest BCUT2D eigenvalue weighted by Crippen LogP contribution is -2.31. The van der Waals surface area contributed by atoms with Gasteiger partial charge in [-0.15, -0.1) is 0 Å². The molecular weight excluding hydrogens is 178 g/mol. The number of hydrogen-bond acceptors (Lipinski definition) is 2. The number of rotatable bonds is 2. The van der Waals surface area contributed by atoms with Crippen LogP contribution in [-0.4, -0.2) is 29.5 Å². The molecule has 13 heavy (non-hydrogen) atoms. The van der Waals surface area contributed by atoms with Crippen LogP contribution in [0.5, 0.6) is 0 Å². The summed E-state index contributed by atoms with van der Waals surface area (Å²) in [4.78, 5) is 2.53. The normalized spacial score (nSPS) is 18.8. The molecule has 1 nitrogen and oxygen atoms in total. The number of thioether (sulfide) groups is 1. The summed E-state index contributed by atoms with van der Waals surface area (Å²) in [5.74, 6) is 2.60. The molecule has 2 heteroatoms. The van der Waals surface area contributed by atoms with Crippen molar-refractivity contribution >= 4 is 11.8 Å². The van der Waals surface area contributed by atoms with Crippen LogP contribution in [0.25, 0.3) is 0 Å². The Morgan fingerprint density at radius 3 is 2.46 bits per heavy atom. The van der Waals surface area contributed by atoms with E-state index in [2.05, 4.69) is 47.0 Å². The lowest BCUT2D eigenvalue weighted by atomic mass is 10.2. The summed E-state index contributed by atoms with van der Waals surface area (Å²) in [5, 5.41) is 0. The molecule has 1 saturated heterocycles. The minimum absolute atomic E-state index is 1.13. The monoisotopic (exact) mass is 193 g/mol. The molecule has 0 radical (unpaired) electrons. The maximum absolute atomic E-state index is 2.53. The zero-order chi connectivity index (χ0) is 8.93. The van der Waals surface area contributed by atoms with E-state index in [1.165, 1.54) is 30.2 Å². The predicted molar refractivity (Wildman–Crippen MR) is 59.0 cm³/mol. The SMILES string of the molecule is c1ccc(CN2CCSCC2)cc1. The summed E-state index contributed by atoms with van der Waals surface area (Å²) in [7, 11) is 0. The highest BCUT2D eigenvalue weighted by atomic mass is 32.2. The Morgan fingerprint density at radius 1 is 1.08 bits per heavy atom. The smallest absolute Gasteiger partial charge is 0.0234 e. The van der Waals surface area contributed by atoms with Gasteiger partial charge in [-0.2, -0.15) is 11.8 Å². The number of hydrogen-bond donors (Lipinski definition) is 0. The fourth-order valence-electron chi connectivity index (χ4n) is 1.60. The third-order valence-electron chi connectivity index (χ3n) is 2.35. The molecule has 1 aliphatic rings. The van der Waals surface area contributed by atoms with Gasteiger partial charge in [0.15, 0.2) is 0 Å². The Balaban J connectivity index is 1.90. The zero-order valence-electron chi connectivity index (χ0n) is 7.78. The van der Waals surface area contributed by atoms with E-state index in [1.807, 2.05) is 0 Å². The van der Waals surface area contributed by atoms with Gasteiger partial charge >= 0.3 is 0 Å². The second-order valence-electron chi connectivity index (χ2n) is 3.37. The molecule has 0 N–H and O–H groups in total.